The molecule has 0 saturated carbocycles. The van der Waals surface area contributed by atoms with Crippen LogP contribution in [0.5, 0.6) is 0 Å². The van der Waals surface area contributed by atoms with Crippen LogP contribution in [-0.2, 0) is 0 Å². The first kappa shape index (κ1) is 13.0. The van der Waals surface area contributed by atoms with Gasteiger partial charge < -0.3 is 10.1 Å². The number of carbonyl (C=O) groups excluding carboxylic acids is 1. The summed E-state index contributed by atoms with van der Waals surface area (Å²) in [6.07, 6.45) is 1.11. The first-order chi connectivity index (χ1) is 8.60. The number of rotatable bonds is 1. The molecule has 1 N–H and O–H groups in total. The Morgan fingerprint density at radius 3 is 2.56 bits per heavy atom. The summed E-state index contributed by atoms with van der Waals surface area (Å²) < 4.78 is 13.8. The SMILES string of the molecule is O=C(c1cc(F)cc(Br)c1)N1CCC(=NO)CC1. The second-order valence-corrected chi connectivity index (χ2v) is 5.03. The monoisotopic (exact) mass is 314 g/mol. The van der Waals surface area contributed by atoms with Gasteiger partial charge in [0.2, 0.25) is 0 Å². The smallest absolute Gasteiger partial charge is 0.254 e. The van der Waals surface area contributed by atoms with Crippen LogP contribution in [0.4, 0.5) is 4.39 Å². The molecule has 0 spiro atoms. The fourth-order valence-corrected chi connectivity index (χ4v) is 2.39. The van der Waals surface area contributed by atoms with Crippen molar-refractivity contribution in [2.45, 2.75) is 12.8 Å². The van der Waals surface area contributed by atoms with Gasteiger partial charge in [-0.15, -0.1) is 0 Å². The van der Waals surface area contributed by atoms with Crippen LogP contribution in [0.1, 0.15) is 23.2 Å². The van der Waals surface area contributed by atoms with E-state index in [1.807, 2.05) is 0 Å². The van der Waals surface area contributed by atoms with E-state index in [1.165, 1.54) is 12.1 Å². The molecule has 1 aromatic carbocycles. The topological polar surface area (TPSA) is 52.9 Å². The highest BCUT2D eigenvalue weighted by Gasteiger charge is 2.21. The molecule has 1 heterocycles. The average molecular weight is 315 g/mol. The molecule has 18 heavy (non-hydrogen) atoms. The molecule has 0 atom stereocenters. The Labute approximate surface area is 112 Å². The fourth-order valence-electron chi connectivity index (χ4n) is 1.93. The maximum Gasteiger partial charge on any atom is 0.254 e. The average Bonchev–Trinajstić information content (AvgIpc) is 2.37. The molecule has 96 valence electrons. The van der Waals surface area contributed by atoms with E-state index in [9.17, 15) is 9.18 Å². The Morgan fingerprint density at radius 2 is 2.00 bits per heavy atom. The minimum absolute atomic E-state index is 0.202. The third-order valence-electron chi connectivity index (χ3n) is 2.88. The third-order valence-corrected chi connectivity index (χ3v) is 3.34. The summed E-state index contributed by atoms with van der Waals surface area (Å²) >= 11 is 3.16. The van der Waals surface area contributed by atoms with Crippen molar-refractivity contribution in [3.05, 3.63) is 34.1 Å². The van der Waals surface area contributed by atoms with Crippen LogP contribution in [0, 0.1) is 5.82 Å². The summed E-state index contributed by atoms with van der Waals surface area (Å²) in [7, 11) is 0. The molecule has 1 aliphatic heterocycles. The van der Waals surface area contributed by atoms with Crippen LogP contribution in [0.25, 0.3) is 0 Å². The number of carbonyl (C=O) groups is 1. The molecule has 0 aromatic heterocycles. The van der Waals surface area contributed by atoms with Gasteiger partial charge in [0.15, 0.2) is 0 Å². The van der Waals surface area contributed by atoms with Gasteiger partial charge in [0.1, 0.15) is 5.82 Å². The zero-order valence-corrected chi connectivity index (χ0v) is 11.2. The Bertz CT molecular complexity index is 475. The van der Waals surface area contributed by atoms with Crippen LogP contribution in [0.2, 0.25) is 0 Å². The van der Waals surface area contributed by atoms with E-state index in [4.69, 9.17) is 5.21 Å². The standard InChI is InChI=1S/C12H12BrFN2O2/c13-9-5-8(6-10(14)7-9)12(17)16-3-1-11(15-18)2-4-16/h5-7,18H,1-4H2. The van der Waals surface area contributed by atoms with E-state index in [1.54, 1.807) is 11.0 Å². The normalized spacial score (nSPS) is 15.7. The quantitative estimate of drug-likeness (QED) is 0.640. The van der Waals surface area contributed by atoms with Gasteiger partial charge >= 0.3 is 0 Å². The zero-order chi connectivity index (χ0) is 13.1. The first-order valence-electron chi connectivity index (χ1n) is 5.55. The maximum absolute atomic E-state index is 13.2. The summed E-state index contributed by atoms with van der Waals surface area (Å²) in [6, 6.07) is 4.13. The second kappa shape index (κ2) is 5.48. The molecular weight excluding hydrogens is 303 g/mol. The third kappa shape index (κ3) is 2.87. The second-order valence-electron chi connectivity index (χ2n) is 4.12. The van der Waals surface area contributed by atoms with Crippen molar-refractivity contribution in [3.63, 3.8) is 0 Å². The van der Waals surface area contributed by atoms with Crippen LogP contribution < -0.4 is 0 Å². The lowest BCUT2D eigenvalue weighted by Crippen LogP contribution is -2.38. The summed E-state index contributed by atoms with van der Waals surface area (Å²) in [5, 5.41) is 11.8. The van der Waals surface area contributed by atoms with Crippen molar-refractivity contribution in [2.24, 2.45) is 5.16 Å². The van der Waals surface area contributed by atoms with Gasteiger partial charge in [0.25, 0.3) is 5.91 Å². The predicted molar refractivity (Wildman–Crippen MR) is 68.5 cm³/mol. The number of piperidine rings is 1. The number of nitrogens with zero attached hydrogens (tertiary/aromatic N) is 2. The Hall–Kier alpha value is -1.43. The Balaban J connectivity index is 2.12. The molecule has 1 saturated heterocycles. The molecule has 1 aromatic rings. The van der Waals surface area contributed by atoms with Crippen LogP contribution in [0.3, 0.4) is 0 Å². The van der Waals surface area contributed by atoms with Crippen molar-refractivity contribution in [3.8, 4) is 0 Å². The number of hydrogen-bond donors (Lipinski definition) is 1. The van der Waals surface area contributed by atoms with Crippen LogP contribution in [0.15, 0.2) is 27.8 Å². The highest BCUT2D eigenvalue weighted by atomic mass is 79.9. The van der Waals surface area contributed by atoms with Crippen molar-refractivity contribution in [2.75, 3.05) is 13.1 Å². The van der Waals surface area contributed by atoms with E-state index >= 15 is 0 Å². The lowest BCUT2D eigenvalue weighted by molar-refractivity contribution is 0.0753. The first-order valence-corrected chi connectivity index (χ1v) is 6.34. The van der Waals surface area contributed by atoms with Gasteiger partial charge in [0.05, 0.1) is 5.71 Å². The highest BCUT2D eigenvalue weighted by molar-refractivity contribution is 9.10. The molecule has 1 aliphatic rings. The summed E-state index contributed by atoms with van der Waals surface area (Å²) in [5.74, 6) is -0.644. The summed E-state index contributed by atoms with van der Waals surface area (Å²) in [5.41, 5.74) is 1.02. The molecular formula is C12H12BrFN2O2. The molecule has 1 fully saturated rings. The lowest BCUT2D eigenvalue weighted by atomic mass is 10.1. The molecule has 4 nitrogen and oxygen atoms in total. The van der Waals surface area contributed by atoms with Gasteiger partial charge in [-0.05, 0) is 18.2 Å². The van der Waals surface area contributed by atoms with Gasteiger partial charge in [-0.2, -0.15) is 0 Å². The number of halogens is 2. The number of likely N-dealkylation sites (tertiary alicyclic amines) is 1. The van der Waals surface area contributed by atoms with Gasteiger partial charge in [0, 0.05) is 36.0 Å². The number of oxime groups is 1. The highest BCUT2D eigenvalue weighted by Crippen LogP contribution is 2.18. The maximum atomic E-state index is 13.2. The lowest BCUT2D eigenvalue weighted by Gasteiger charge is -2.27. The number of hydrogen-bond acceptors (Lipinski definition) is 3. The molecule has 2 rings (SSSR count). The van der Waals surface area contributed by atoms with E-state index in [2.05, 4.69) is 21.1 Å². The summed E-state index contributed by atoms with van der Waals surface area (Å²) in [4.78, 5) is 13.8. The minimum Gasteiger partial charge on any atom is -0.411 e. The van der Waals surface area contributed by atoms with Crippen molar-refractivity contribution in [1.29, 1.82) is 0 Å². The van der Waals surface area contributed by atoms with Crippen molar-refractivity contribution in [1.82, 2.24) is 4.90 Å². The predicted octanol–water partition coefficient (Wildman–Crippen LogP) is 2.65. The van der Waals surface area contributed by atoms with E-state index in [0.29, 0.717) is 41.7 Å². The fraction of sp³-hybridized carbons (Fsp3) is 0.333. The molecule has 0 aliphatic carbocycles. The number of amides is 1. The van der Waals surface area contributed by atoms with Crippen LogP contribution >= 0.6 is 15.9 Å². The van der Waals surface area contributed by atoms with Crippen LogP contribution in [-0.4, -0.2) is 34.8 Å². The number of benzene rings is 1. The summed E-state index contributed by atoms with van der Waals surface area (Å²) in [6.45, 7) is 0.985. The van der Waals surface area contributed by atoms with Gasteiger partial charge in [-0.1, -0.05) is 21.1 Å². The molecule has 6 heteroatoms. The zero-order valence-electron chi connectivity index (χ0n) is 9.57. The van der Waals surface area contributed by atoms with Crippen molar-refractivity contribution < 1.29 is 14.4 Å². The van der Waals surface area contributed by atoms with E-state index < -0.39 is 5.82 Å². The van der Waals surface area contributed by atoms with E-state index in [0.717, 1.165) is 0 Å². The van der Waals surface area contributed by atoms with Gasteiger partial charge in [-0.3, -0.25) is 4.79 Å². The Morgan fingerprint density at radius 1 is 1.33 bits per heavy atom. The van der Waals surface area contributed by atoms with Gasteiger partial charge in [-0.25, -0.2) is 4.39 Å². The largest absolute Gasteiger partial charge is 0.411 e. The molecule has 1 amide bonds. The molecule has 0 radical (unpaired) electrons. The minimum atomic E-state index is -0.442. The molecule has 0 unspecified atom stereocenters. The Kier molecular flexibility index (Phi) is 3.96. The molecule has 0 bridgehead atoms. The van der Waals surface area contributed by atoms with Crippen molar-refractivity contribution >= 4 is 27.5 Å². The van der Waals surface area contributed by atoms with E-state index in [-0.39, 0.29) is 5.91 Å².